The average Bonchev–Trinajstić information content (AvgIpc) is 3.00. The minimum atomic E-state index is 0.122. The number of benzene rings is 2. The second kappa shape index (κ2) is 6.30. The SMILES string of the molecule is COc1cc(/C=C/COc2ccc3c(c2)OCO3)ccc1O. The van der Waals surface area contributed by atoms with Gasteiger partial charge >= 0.3 is 0 Å². The molecule has 0 saturated heterocycles. The van der Waals surface area contributed by atoms with Crippen molar-refractivity contribution in [2.45, 2.75) is 0 Å². The highest BCUT2D eigenvalue weighted by Gasteiger charge is 2.13. The molecule has 0 bridgehead atoms. The fourth-order valence-electron chi connectivity index (χ4n) is 2.09. The third-order valence-electron chi connectivity index (χ3n) is 3.20. The summed E-state index contributed by atoms with van der Waals surface area (Å²) in [4.78, 5) is 0. The Labute approximate surface area is 128 Å². The molecule has 0 saturated carbocycles. The number of hydrogen-bond donors (Lipinski definition) is 1. The van der Waals surface area contributed by atoms with Crippen LogP contribution in [0.15, 0.2) is 42.5 Å². The molecule has 114 valence electrons. The van der Waals surface area contributed by atoms with Crippen LogP contribution in [-0.2, 0) is 0 Å². The number of hydrogen-bond acceptors (Lipinski definition) is 5. The number of ether oxygens (including phenoxy) is 4. The largest absolute Gasteiger partial charge is 0.504 e. The Balaban J connectivity index is 1.58. The summed E-state index contributed by atoms with van der Waals surface area (Å²) in [5, 5.41) is 9.54. The van der Waals surface area contributed by atoms with E-state index in [2.05, 4.69) is 0 Å². The number of fused-ring (bicyclic) bond motifs is 1. The highest BCUT2D eigenvalue weighted by atomic mass is 16.7. The topological polar surface area (TPSA) is 57.2 Å². The highest BCUT2D eigenvalue weighted by molar-refractivity contribution is 5.55. The molecule has 0 amide bonds. The monoisotopic (exact) mass is 300 g/mol. The number of methoxy groups -OCH3 is 1. The maximum absolute atomic E-state index is 9.54. The van der Waals surface area contributed by atoms with Crippen molar-refractivity contribution in [3.8, 4) is 28.7 Å². The lowest BCUT2D eigenvalue weighted by molar-refractivity contribution is 0.174. The molecule has 0 unspecified atom stereocenters. The summed E-state index contributed by atoms with van der Waals surface area (Å²) in [6.07, 6.45) is 3.78. The molecular formula is C17H16O5. The number of aromatic hydroxyl groups is 1. The molecule has 5 heteroatoms. The van der Waals surface area contributed by atoms with Crippen molar-refractivity contribution in [2.24, 2.45) is 0 Å². The summed E-state index contributed by atoms with van der Waals surface area (Å²) in [7, 11) is 1.52. The minimum Gasteiger partial charge on any atom is -0.504 e. The summed E-state index contributed by atoms with van der Waals surface area (Å²) >= 11 is 0. The molecule has 1 heterocycles. The highest BCUT2D eigenvalue weighted by Crippen LogP contribution is 2.35. The number of phenols is 1. The van der Waals surface area contributed by atoms with Crippen molar-refractivity contribution < 1.29 is 24.1 Å². The van der Waals surface area contributed by atoms with Gasteiger partial charge in [-0.3, -0.25) is 0 Å². The lowest BCUT2D eigenvalue weighted by Gasteiger charge is -2.05. The molecule has 0 aromatic heterocycles. The van der Waals surface area contributed by atoms with Crippen LogP contribution in [0.5, 0.6) is 28.7 Å². The Kier molecular flexibility index (Phi) is 4.05. The molecule has 1 N–H and O–H groups in total. The molecule has 1 aliphatic heterocycles. The van der Waals surface area contributed by atoms with Gasteiger partial charge in [0.05, 0.1) is 7.11 Å². The van der Waals surface area contributed by atoms with Crippen molar-refractivity contribution in [2.75, 3.05) is 20.5 Å². The predicted octanol–water partition coefficient (Wildman–Crippen LogP) is 3.22. The lowest BCUT2D eigenvalue weighted by atomic mass is 10.2. The summed E-state index contributed by atoms with van der Waals surface area (Å²) in [5.41, 5.74) is 0.920. The van der Waals surface area contributed by atoms with Crippen LogP contribution in [0, 0.1) is 0 Å². The van der Waals surface area contributed by atoms with Crippen LogP contribution in [0.1, 0.15) is 5.56 Å². The molecule has 3 rings (SSSR count). The molecule has 22 heavy (non-hydrogen) atoms. The van der Waals surface area contributed by atoms with E-state index >= 15 is 0 Å². The van der Waals surface area contributed by atoms with E-state index in [0.717, 1.165) is 17.1 Å². The van der Waals surface area contributed by atoms with Crippen molar-refractivity contribution in [3.63, 3.8) is 0 Å². The van der Waals surface area contributed by atoms with E-state index in [1.165, 1.54) is 7.11 Å². The molecule has 2 aromatic carbocycles. The second-order valence-electron chi connectivity index (χ2n) is 4.66. The maximum Gasteiger partial charge on any atom is 0.231 e. The standard InChI is InChI=1S/C17H16O5/c1-19-16-9-12(4-6-14(16)18)3-2-8-20-13-5-7-15-17(10-13)22-11-21-15/h2-7,9-10,18H,8,11H2,1H3/b3-2+. The van der Waals surface area contributed by atoms with Crippen LogP contribution in [0.2, 0.25) is 0 Å². The fourth-order valence-corrected chi connectivity index (χ4v) is 2.09. The van der Waals surface area contributed by atoms with Gasteiger partial charge in [0, 0.05) is 6.07 Å². The smallest absolute Gasteiger partial charge is 0.231 e. The third kappa shape index (κ3) is 3.09. The molecule has 0 radical (unpaired) electrons. The van der Waals surface area contributed by atoms with Gasteiger partial charge in [-0.2, -0.15) is 0 Å². The molecule has 1 aliphatic rings. The van der Waals surface area contributed by atoms with E-state index in [-0.39, 0.29) is 12.5 Å². The van der Waals surface area contributed by atoms with Gasteiger partial charge in [0.25, 0.3) is 0 Å². The van der Waals surface area contributed by atoms with E-state index in [9.17, 15) is 5.11 Å². The van der Waals surface area contributed by atoms with Gasteiger partial charge in [0.15, 0.2) is 23.0 Å². The first-order valence-corrected chi connectivity index (χ1v) is 6.82. The zero-order valence-electron chi connectivity index (χ0n) is 12.1. The van der Waals surface area contributed by atoms with Crippen LogP contribution in [0.4, 0.5) is 0 Å². The van der Waals surface area contributed by atoms with Gasteiger partial charge < -0.3 is 24.1 Å². The zero-order valence-corrected chi connectivity index (χ0v) is 12.1. The van der Waals surface area contributed by atoms with E-state index < -0.39 is 0 Å². The molecule has 2 aromatic rings. The lowest BCUT2D eigenvalue weighted by Crippen LogP contribution is -1.93. The van der Waals surface area contributed by atoms with Crippen LogP contribution in [0.3, 0.4) is 0 Å². The Hall–Kier alpha value is -2.82. The summed E-state index contributed by atoms with van der Waals surface area (Å²) < 4.78 is 21.2. The Morgan fingerprint density at radius 1 is 1.14 bits per heavy atom. The first-order valence-electron chi connectivity index (χ1n) is 6.82. The third-order valence-corrected chi connectivity index (χ3v) is 3.20. The summed E-state index contributed by atoms with van der Waals surface area (Å²) in [6.45, 7) is 0.671. The Morgan fingerprint density at radius 3 is 2.86 bits per heavy atom. The van der Waals surface area contributed by atoms with Crippen molar-refractivity contribution >= 4 is 6.08 Å². The van der Waals surface area contributed by atoms with Gasteiger partial charge in [-0.25, -0.2) is 0 Å². The second-order valence-corrected chi connectivity index (χ2v) is 4.66. The zero-order chi connectivity index (χ0) is 15.4. The molecule has 0 fully saturated rings. The first-order chi connectivity index (χ1) is 10.8. The fraction of sp³-hybridized carbons (Fsp3) is 0.176. The van der Waals surface area contributed by atoms with Crippen LogP contribution in [-0.4, -0.2) is 25.6 Å². The molecule has 0 atom stereocenters. The summed E-state index contributed by atoms with van der Waals surface area (Å²) in [6, 6.07) is 10.6. The number of rotatable bonds is 5. The quantitative estimate of drug-likeness (QED) is 0.918. The van der Waals surface area contributed by atoms with E-state index in [1.54, 1.807) is 24.3 Å². The molecule has 5 nitrogen and oxygen atoms in total. The molecule has 0 spiro atoms. The van der Waals surface area contributed by atoms with Crippen LogP contribution >= 0.6 is 0 Å². The Bertz CT molecular complexity index is 693. The first kappa shape index (κ1) is 14.1. The van der Waals surface area contributed by atoms with Gasteiger partial charge in [0.1, 0.15) is 12.4 Å². The van der Waals surface area contributed by atoms with Gasteiger partial charge in [-0.05, 0) is 35.9 Å². The van der Waals surface area contributed by atoms with Crippen molar-refractivity contribution in [3.05, 3.63) is 48.0 Å². The average molecular weight is 300 g/mol. The Morgan fingerprint density at radius 2 is 2.00 bits per heavy atom. The normalized spacial score (nSPS) is 12.6. The van der Waals surface area contributed by atoms with Crippen molar-refractivity contribution in [1.29, 1.82) is 0 Å². The molecule has 0 aliphatic carbocycles. The minimum absolute atomic E-state index is 0.122. The van der Waals surface area contributed by atoms with Crippen molar-refractivity contribution in [1.82, 2.24) is 0 Å². The van der Waals surface area contributed by atoms with Crippen LogP contribution in [0.25, 0.3) is 6.08 Å². The van der Waals surface area contributed by atoms with E-state index in [4.69, 9.17) is 18.9 Å². The predicted molar refractivity (Wildman–Crippen MR) is 81.8 cm³/mol. The van der Waals surface area contributed by atoms with E-state index in [0.29, 0.717) is 18.1 Å². The summed E-state index contributed by atoms with van der Waals surface area (Å²) in [5.74, 6) is 2.72. The van der Waals surface area contributed by atoms with Gasteiger partial charge in [0.2, 0.25) is 6.79 Å². The van der Waals surface area contributed by atoms with Gasteiger partial charge in [-0.15, -0.1) is 0 Å². The van der Waals surface area contributed by atoms with E-state index in [1.807, 2.05) is 24.3 Å². The number of phenolic OH excluding ortho intramolecular Hbond substituents is 1. The maximum atomic E-state index is 9.54. The van der Waals surface area contributed by atoms with Crippen LogP contribution < -0.4 is 18.9 Å². The van der Waals surface area contributed by atoms with Gasteiger partial charge in [-0.1, -0.05) is 12.1 Å². The molecular weight excluding hydrogens is 284 g/mol.